The van der Waals surface area contributed by atoms with E-state index in [2.05, 4.69) is 20.7 Å². The summed E-state index contributed by atoms with van der Waals surface area (Å²) < 4.78 is 5.46. The quantitative estimate of drug-likeness (QED) is 0.354. The molecule has 0 saturated heterocycles. The van der Waals surface area contributed by atoms with Crippen LogP contribution in [0.5, 0.6) is 0 Å². The van der Waals surface area contributed by atoms with Crippen molar-refractivity contribution >= 4 is 23.3 Å². The van der Waals surface area contributed by atoms with Gasteiger partial charge in [-0.2, -0.15) is 0 Å². The molecule has 0 aromatic carbocycles. The molecule has 7 heteroatoms. The van der Waals surface area contributed by atoms with Gasteiger partial charge in [0.25, 0.3) is 0 Å². The fourth-order valence-corrected chi connectivity index (χ4v) is 3.47. The molecule has 1 aromatic heterocycles. The maximum atomic E-state index is 11.8. The molecule has 0 atom stereocenters. The molecule has 1 N–H and O–H groups in total. The predicted molar refractivity (Wildman–Crippen MR) is 97.3 cm³/mol. The van der Waals surface area contributed by atoms with E-state index in [0.29, 0.717) is 19.5 Å². The fraction of sp³-hybridized carbons (Fsp3) is 0.706. The van der Waals surface area contributed by atoms with Crippen molar-refractivity contribution in [2.24, 2.45) is 4.99 Å². The van der Waals surface area contributed by atoms with Gasteiger partial charge in [0.05, 0.1) is 17.2 Å². The highest BCUT2D eigenvalue weighted by atomic mass is 32.1. The summed E-state index contributed by atoms with van der Waals surface area (Å²) in [5, 5.41) is 6.43. The van der Waals surface area contributed by atoms with Gasteiger partial charge in [0.2, 0.25) is 0 Å². The lowest BCUT2D eigenvalue weighted by molar-refractivity contribution is -0.148. The third kappa shape index (κ3) is 6.11. The van der Waals surface area contributed by atoms with Crippen LogP contribution >= 0.6 is 11.3 Å². The fourth-order valence-electron chi connectivity index (χ4n) is 2.87. The van der Waals surface area contributed by atoms with Crippen molar-refractivity contribution in [3.63, 3.8) is 0 Å². The first-order chi connectivity index (χ1) is 11.6. The monoisotopic (exact) mass is 352 g/mol. The minimum absolute atomic E-state index is 0.0787. The van der Waals surface area contributed by atoms with Crippen LogP contribution in [0.2, 0.25) is 0 Å². The summed E-state index contributed by atoms with van der Waals surface area (Å²) in [4.78, 5) is 22.6. The molecular weight excluding hydrogens is 324 g/mol. The highest BCUT2D eigenvalue weighted by Gasteiger charge is 2.18. The second kappa shape index (κ2) is 9.61. The summed E-state index contributed by atoms with van der Waals surface area (Å²) in [6.07, 6.45) is 5.77. The van der Waals surface area contributed by atoms with Gasteiger partial charge < -0.3 is 15.0 Å². The number of ether oxygens (including phenoxy) is 1. The zero-order valence-electron chi connectivity index (χ0n) is 14.9. The van der Waals surface area contributed by atoms with E-state index in [0.717, 1.165) is 35.9 Å². The molecule has 134 valence electrons. The Bertz CT molecular complexity index is 553. The lowest BCUT2D eigenvalue weighted by Crippen LogP contribution is -2.39. The van der Waals surface area contributed by atoms with Gasteiger partial charge in [-0.25, -0.2) is 4.98 Å². The zero-order valence-corrected chi connectivity index (χ0v) is 15.7. The van der Waals surface area contributed by atoms with Crippen molar-refractivity contribution in [2.45, 2.75) is 58.1 Å². The van der Waals surface area contributed by atoms with Gasteiger partial charge in [0.15, 0.2) is 5.96 Å². The Labute approximate surface area is 148 Å². The Balaban J connectivity index is 1.64. The van der Waals surface area contributed by atoms with Crippen LogP contribution in [0.3, 0.4) is 0 Å². The third-order valence-corrected chi connectivity index (χ3v) is 4.90. The molecule has 1 heterocycles. The molecule has 0 spiro atoms. The molecule has 0 aliphatic heterocycles. The third-order valence-electron chi connectivity index (χ3n) is 4.08. The highest BCUT2D eigenvalue weighted by Crippen LogP contribution is 2.21. The van der Waals surface area contributed by atoms with Gasteiger partial charge in [-0.05, 0) is 39.0 Å². The van der Waals surface area contributed by atoms with Crippen LogP contribution in [0.4, 0.5) is 0 Å². The van der Waals surface area contributed by atoms with Crippen molar-refractivity contribution in [1.29, 1.82) is 0 Å². The summed E-state index contributed by atoms with van der Waals surface area (Å²) in [6, 6.07) is 0. The van der Waals surface area contributed by atoms with Crippen LogP contribution in [-0.2, 0) is 16.1 Å². The van der Waals surface area contributed by atoms with E-state index in [1.807, 2.05) is 18.9 Å². The van der Waals surface area contributed by atoms with Crippen molar-refractivity contribution < 1.29 is 9.53 Å². The number of carbonyl (C=O) groups is 1. The maximum absolute atomic E-state index is 11.8. The number of aryl methyl sites for hydroxylation is 1. The Morgan fingerprint density at radius 3 is 2.88 bits per heavy atom. The SMILES string of the molecule is CN=C(NCCCC(=O)OC1CCCC1)N(C)Cc1csc(C)n1. The molecule has 1 saturated carbocycles. The molecule has 0 amide bonds. The Morgan fingerprint density at radius 2 is 2.25 bits per heavy atom. The number of aromatic nitrogens is 1. The lowest BCUT2D eigenvalue weighted by Gasteiger charge is -2.21. The van der Waals surface area contributed by atoms with E-state index < -0.39 is 0 Å². The first-order valence-electron chi connectivity index (χ1n) is 8.60. The normalized spacial score (nSPS) is 15.5. The first-order valence-corrected chi connectivity index (χ1v) is 9.48. The standard InChI is InChI=1S/C17H28N4O2S/c1-13-20-14(12-24-13)11-21(3)17(18-2)19-10-6-9-16(22)23-15-7-4-5-8-15/h12,15H,4-11H2,1-3H3,(H,18,19). The van der Waals surface area contributed by atoms with Crippen molar-refractivity contribution in [1.82, 2.24) is 15.2 Å². The van der Waals surface area contributed by atoms with Crippen LogP contribution < -0.4 is 5.32 Å². The van der Waals surface area contributed by atoms with Crippen molar-refractivity contribution in [3.8, 4) is 0 Å². The largest absolute Gasteiger partial charge is 0.462 e. The summed E-state index contributed by atoms with van der Waals surface area (Å²) >= 11 is 1.65. The number of nitrogens with one attached hydrogen (secondary N) is 1. The summed E-state index contributed by atoms with van der Waals surface area (Å²) in [5.74, 6) is 0.731. The number of aliphatic imine (C=N–C) groups is 1. The number of esters is 1. The summed E-state index contributed by atoms with van der Waals surface area (Å²) in [5.41, 5.74) is 1.04. The Morgan fingerprint density at radius 1 is 1.50 bits per heavy atom. The number of guanidine groups is 1. The number of carbonyl (C=O) groups excluding carboxylic acids is 1. The molecule has 1 aliphatic rings. The van der Waals surface area contributed by atoms with E-state index in [4.69, 9.17) is 4.74 Å². The number of rotatable bonds is 7. The molecule has 1 aromatic rings. The zero-order chi connectivity index (χ0) is 17.4. The summed E-state index contributed by atoms with van der Waals surface area (Å²) in [6.45, 7) is 3.42. The van der Waals surface area contributed by atoms with Crippen LogP contribution in [0.1, 0.15) is 49.2 Å². The van der Waals surface area contributed by atoms with Crippen LogP contribution in [0.25, 0.3) is 0 Å². The van der Waals surface area contributed by atoms with Crippen LogP contribution in [-0.4, -0.2) is 48.6 Å². The van der Waals surface area contributed by atoms with Gasteiger partial charge in [-0.15, -0.1) is 11.3 Å². The smallest absolute Gasteiger partial charge is 0.306 e. The van der Waals surface area contributed by atoms with Crippen molar-refractivity contribution in [2.75, 3.05) is 20.6 Å². The number of hydrogen-bond donors (Lipinski definition) is 1. The van der Waals surface area contributed by atoms with Gasteiger partial charge in [-0.1, -0.05) is 0 Å². The van der Waals surface area contributed by atoms with Gasteiger partial charge in [0.1, 0.15) is 6.10 Å². The Hall–Kier alpha value is -1.63. The van der Waals surface area contributed by atoms with Gasteiger partial charge >= 0.3 is 5.97 Å². The van der Waals surface area contributed by atoms with Crippen molar-refractivity contribution in [3.05, 3.63) is 16.1 Å². The van der Waals surface area contributed by atoms with E-state index >= 15 is 0 Å². The summed E-state index contributed by atoms with van der Waals surface area (Å²) in [7, 11) is 3.75. The highest BCUT2D eigenvalue weighted by molar-refractivity contribution is 7.09. The van der Waals surface area contributed by atoms with Gasteiger partial charge in [0, 0.05) is 32.4 Å². The van der Waals surface area contributed by atoms with Crippen LogP contribution in [0.15, 0.2) is 10.4 Å². The second-order valence-corrected chi connectivity index (χ2v) is 7.25. The van der Waals surface area contributed by atoms with Gasteiger partial charge in [-0.3, -0.25) is 9.79 Å². The lowest BCUT2D eigenvalue weighted by atomic mass is 10.3. The maximum Gasteiger partial charge on any atom is 0.306 e. The molecule has 0 unspecified atom stereocenters. The van der Waals surface area contributed by atoms with Crippen LogP contribution in [0, 0.1) is 6.92 Å². The van der Waals surface area contributed by atoms with E-state index in [-0.39, 0.29) is 12.1 Å². The Kier molecular flexibility index (Phi) is 7.49. The molecule has 2 rings (SSSR count). The number of nitrogens with zero attached hydrogens (tertiary/aromatic N) is 3. The van der Waals surface area contributed by atoms with E-state index in [1.54, 1.807) is 18.4 Å². The van der Waals surface area contributed by atoms with E-state index in [1.165, 1.54) is 12.8 Å². The minimum Gasteiger partial charge on any atom is -0.462 e. The molecule has 1 aliphatic carbocycles. The molecular formula is C17H28N4O2S. The minimum atomic E-state index is -0.0787. The molecule has 0 bridgehead atoms. The predicted octanol–water partition coefficient (Wildman–Crippen LogP) is 2.72. The second-order valence-electron chi connectivity index (χ2n) is 6.19. The molecule has 1 fully saturated rings. The number of thiazole rings is 1. The number of hydrogen-bond acceptors (Lipinski definition) is 5. The average molecular weight is 353 g/mol. The molecule has 0 radical (unpaired) electrons. The topological polar surface area (TPSA) is 66.8 Å². The molecule has 6 nitrogen and oxygen atoms in total. The molecule has 24 heavy (non-hydrogen) atoms. The first kappa shape index (κ1) is 18.7. The average Bonchev–Trinajstić information content (AvgIpc) is 3.19. The van der Waals surface area contributed by atoms with E-state index in [9.17, 15) is 4.79 Å².